The van der Waals surface area contributed by atoms with Gasteiger partial charge in [0.1, 0.15) is 6.61 Å². The maximum absolute atomic E-state index is 13.7. The van der Waals surface area contributed by atoms with Crippen molar-refractivity contribution in [3.8, 4) is 5.75 Å². The number of carboxylic acids is 1. The van der Waals surface area contributed by atoms with E-state index in [9.17, 15) is 9.18 Å². The zero-order valence-corrected chi connectivity index (χ0v) is 12.4. The Kier molecular flexibility index (Phi) is 4.49. The largest absolute Gasteiger partial charge is 0.494 e. The van der Waals surface area contributed by atoms with Crippen molar-refractivity contribution in [1.82, 2.24) is 4.90 Å². The highest BCUT2D eigenvalue weighted by Gasteiger charge is 2.42. The Labute approximate surface area is 123 Å². The SMILES string of the molecule is COc1ccc(C(C)N2CC(C)(OCC(=O)O)C2)cc1F. The molecule has 0 amide bonds. The lowest BCUT2D eigenvalue weighted by atomic mass is 9.92. The van der Waals surface area contributed by atoms with E-state index in [2.05, 4.69) is 4.90 Å². The number of likely N-dealkylation sites (tertiary alicyclic amines) is 1. The fourth-order valence-electron chi connectivity index (χ4n) is 2.57. The predicted octanol–water partition coefficient (Wildman–Crippen LogP) is 2.07. The normalized spacial score (nSPS) is 18.9. The third-order valence-corrected chi connectivity index (χ3v) is 3.83. The van der Waals surface area contributed by atoms with Gasteiger partial charge in [-0.25, -0.2) is 9.18 Å². The Morgan fingerprint density at radius 3 is 2.71 bits per heavy atom. The zero-order chi connectivity index (χ0) is 15.6. The number of nitrogens with zero attached hydrogens (tertiary/aromatic N) is 1. The summed E-state index contributed by atoms with van der Waals surface area (Å²) in [4.78, 5) is 12.6. The molecule has 6 heteroatoms. The highest BCUT2D eigenvalue weighted by Crippen LogP contribution is 2.34. The third-order valence-electron chi connectivity index (χ3n) is 3.83. The van der Waals surface area contributed by atoms with E-state index in [1.807, 2.05) is 19.9 Å². The number of ether oxygens (including phenoxy) is 2. The van der Waals surface area contributed by atoms with Crippen LogP contribution < -0.4 is 4.74 Å². The maximum atomic E-state index is 13.7. The summed E-state index contributed by atoms with van der Waals surface area (Å²) >= 11 is 0. The molecular weight excluding hydrogens is 277 g/mol. The van der Waals surface area contributed by atoms with Crippen LogP contribution in [0.2, 0.25) is 0 Å². The summed E-state index contributed by atoms with van der Waals surface area (Å²) in [5.41, 5.74) is 0.408. The van der Waals surface area contributed by atoms with Gasteiger partial charge >= 0.3 is 5.97 Å². The number of aliphatic carboxylic acids is 1. The number of carboxylic acid groups (broad SMARTS) is 1. The molecule has 116 valence electrons. The van der Waals surface area contributed by atoms with Crippen LogP contribution in [-0.4, -0.2) is 48.4 Å². The molecule has 0 radical (unpaired) electrons. The first kappa shape index (κ1) is 15.7. The van der Waals surface area contributed by atoms with Crippen LogP contribution in [0.1, 0.15) is 25.5 Å². The van der Waals surface area contributed by atoms with E-state index in [0.29, 0.717) is 13.1 Å². The van der Waals surface area contributed by atoms with Crippen molar-refractivity contribution < 1.29 is 23.8 Å². The standard InChI is InChI=1S/C15H20FNO4/c1-10(11-4-5-13(20-3)12(16)6-11)17-8-15(2,9-17)21-7-14(18)19/h4-6,10H,7-9H2,1-3H3,(H,18,19). The average molecular weight is 297 g/mol. The number of hydrogen-bond acceptors (Lipinski definition) is 4. The van der Waals surface area contributed by atoms with Crippen molar-refractivity contribution in [2.75, 3.05) is 26.8 Å². The average Bonchev–Trinajstić information content (AvgIpc) is 2.41. The van der Waals surface area contributed by atoms with Gasteiger partial charge in [-0.1, -0.05) is 6.07 Å². The van der Waals surface area contributed by atoms with Gasteiger partial charge in [0, 0.05) is 19.1 Å². The van der Waals surface area contributed by atoms with Crippen LogP contribution in [0.3, 0.4) is 0 Å². The Bertz CT molecular complexity index is 528. The minimum Gasteiger partial charge on any atom is -0.494 e. The van der Waals surface area contributed by atoms with Crippen LogP contribution in [0.15, 0.2) is 18.2 Å². The molecule has 2 rings (SSSR count). The molecule has 1 saturated heterocycles. The highest BCUT2D eigenvalue weighted by atomic mass is 19.1. The van der Waals surface area contributed by atoms with Crippen LogP contribution in [0.25, 0.3) is 0 Å². The van der Waals surface area contributed by atoms with E-state index in [-0.39, 0.29) is 24.2 Å². The Balaban J connectivity index is 1.95. The molecule has 0 bridgehead atoms. The van der Waals surface area contributed by atoms with Gasteiger partial charge in [0.2, 0.25) is 0 Å². The summed E-state index contributed by atoms with van der Waals surface area (Å²) in [6, 6.07) is 4.95. The van der Waals surface area contributed by atoms with E-state index in [0.717, 1.165) is 5.56 Å². The number of rotatable bonds is 6. The van der Waals surface area contributed by atoms with Crippen molar-refractivity contribution in [2.24, 2.45) is 0 Å². The number of carbonyl (C=O) groups is 1. The Morgan fingerprint density at radius 2 is 2.19 bits per heavy atom. The summed E-state index contributed by atoms with van der Waals surface area (Å²) in [5, 5.41) is 8.64. The number of hydrogen-bond donors (Lipinski definition) is 1. The van der Waals surface area contributed by atoms with Gasteiger partial charge in [-0.15, -0.1) is 0 Å². The van der Waals surface area contributed by atoms with E-state index >= 15 is 0 Å². The first-order valence-corrected chi connectivity index (χ1v) is 6.78. The second kappa shape index (κ2) is 5.99. The second-order valence-corrected chi connectivity index (χ2v) is 5.61. The smallest absolute Gasteiger partial charge is 0.329 e. The quantitative estimate of drug-likeness (QED) is 0.871. The molecule has 0 aromatic heterocycles. The van der Waals surface area contributed by atoms with Gasteiger partial charge in [-0.3, -0.25) is 4.90 Å². The zero-order valence-electron chi connectivity index (χ0n) is 12.4. The van der Waals surface area contributed by atoms with Gasteiger partial charge in [-0.05, 0) is 31.5 Å². The lowest BCUT2D eigenvalue weighted by molar-refractivity contribution is -0.169. The molecule has 0 spiro atoms. The van der Waals surface area contributed by atoms with Gasteiger partial charge in [0.05, 0.1) is 12.7 Å². The molecule has 1 heterocycles. The minimum atomic E-state index is -0.972. The predicted molar refractivity (Wildman–Crippen MR) is 74.9 cm³/mol. The van der Waals surface area contributed by atoms with Crippen molar-refractivity contribution in [1.29, 1.82) is 0 Å². The number of halogens is 1. The highest BCUT2D eigenvalue weighted by molar-refractivity contribution is 5.68. The van der Waals surface area contributed by atoms with E-state index in [4.69, 9.17) is 14.6 Å². The fourth-order valence-corrected chi connectivity index (χ4v) is 2.57. The van der Waals surface area contributed by atoms with Gasteiger partial charge in [0.15, 0.2) is 11.6 Å². The number of methoxy groups -OCH3 is 1. The molecule has 1 N–H and O–H groups in total. The molecule has 1 atom stereocenters. The molecule has 0 aliphatic carbocycles. The lowest BCUT2D eigenvalue weighted by Gasteiger charge is -2.50. The molecule has 1 aliphatic heterocycles. The van der Waals surface area contributed by atoms with Crippen LogP contribution >= 0.6 is 0 Å². The third kappa shape index (κ3) is 3.51. The van der Waals surface area contributed by atoms with Crippen molar-refractivity contribution >= 4 is 5.97 Å². The molecule has 1 aromatic carbocycles. The van der Waals surface area contributed by atoms with Gasteiger partial charge in [-0.2, -0.15) is 0 Å². The molecule has 1 fully saturated rings. The topological polar surface area (TPSA) is 59.0 Å². The monoisotopic (exact) mass is 297 g/mol. The van der Waals surface area contributed by atoms with E-state index in [1.165, 1.54) is 13.2 Å². The Hall–Kier alpha value is -1.66. The molecule has 1 aliphatic rings. The first-order valence-electron chi connectivity index (χ1n) is 6.78. The van der Waals surface area contributed by atoms with E-state index < -0.39 is 11.6 Å². The molecule has 1 aromatic rings. The molecular formula is C15H20FNO4. The number of benzene rings is 1. The van der Waals surface area contributed by atoms with Gasteiger partial charge in [0.25, 0.3) is 0 Å². The maximum Gasteiger partial charge on any atom is 0.329 e. The minimum absolute atomic E-state index is 0.0342. The molecule has 0 saturated carbocycles. The van der Waals surface area contributed by atoms with Crippen LogP contribution in [-0.2, 0) is 9.53 Å². The molecule has 21 heavy (non-hydrogen) atoms. The van der Waals surface area contributed by atoms with Crippen molar-refractivity contribution in [2.45, 2.75) is 25.5 Å². The summed E-state index contributed by atoms with van der Waals surface area (Å²) in [7, 11) is 1.43. The Morgan fingerprint density at radius 1 is 1.52 bits per heavy atom. The summed E-state index contributed by atoms with van der Waals surface area (Å²) in [6.07, 6.45) is 0. The summed E-state index contributed by atoms with van der Waals surface area (Å²) in [5.74, 6) is -1.13. The molecule has 1 unspecified atom stereocenters. The van der Waals surface area contributed by atoms with E-state index in [1.54, 1.807) is 6.07 Å². The first-order chi connectivity index (χ1) is 9.84. The molecule has 5 nitrogen and oxygen atoms in total. The van der Waals surface area contributed by atoms with Crippen LogP contribution in [0.5, 0.6) is 5.75 Å². The summed E-state index contributed by atoms with van der Waals surface area (Å²) in [6.45, 7) is 4.81. The summed E-state index contributed by atoms with van der Waals surface area (Å²) < 4.78 is 24.0. The van der Waals surface area contributed by atoms with Crippen LogP contribution in [0, 0.1) is 5.82 Å². The van der Waals surface area contributed by atoms with Crippen molar-refractivity contribution in [3.05, 3.63) is 29.6 Å². The fraction of sp³-hybridized carbons (Fsp3) is 0.533. The van der Waals surface area contributed by atoms with Gasteiger partial charge < -0.3 is 14.6 Å². The lowest BCUT2D eigenvalue weighted by Crippen LogP contribution is -2.62. The van der Waals surface area contributed by atoms with Crippen molar-refractivity contribution in [3.63, 3.8) is 0 Å². The van der Waals surface area contributed by atoms with Crippen LogP contribution in [0.4, 0.5) is 4.39 Å². The second-order valence-electron chi connectivity index (χ2n) is 5.61.